The molecule has 0 aliphatic carbocycles. The van der Waals surface area contributed by atoms with Gasteiger partial charge in [-0.3, -0.25) is 4.79 Å². The van der Waals surface area contributed by atoms with Crippen molar-refractivity contribution in [3.63, 3.8) is 0 Å². The molecule has 3 heterocycles. The molecule has 1 amide bonds. The number of aryl methyl sites for hydroxylation is 2. The first-order valence-electron chi connectivity index (χ1n) is 7.44. The molecular weight excluding hydrogens is 316 g/mol. The summed E-state index contributed by atoms with van der Waals surface area (Å²) in [6.45, 7) is 7.38. The number of amides is 1. The van der Waals surface area contributed by atoms with Crippen LogP contribution in [0.2, 0.25) is 0 Å². The van der Waals surface area contributed by atoms with Gasteiger partial charge in [-0.05, 0) is 39.3 Å². The van der Waals surface area contributed by atoms with Gasteiger partial charge in [-0.1, -0.05) is 0 Å². The fraction of sp³-hybridized carbons (Fsp3) is 0.533. The highest BCUT2D eigenvalue weighted by atomic mass is 32.1. The predicted octanol–water partition coefficient (Wildman–Crippen LogP) is 2.47. The number of carbonyl (C=O) groups excluding carboxylic acids is 1. The highest BCUT2D eigenvalue weighted by Crippen LogP contribution is 2.22. The molecule has 0 spiro atoms. The molecule has 1 aliphatic rings. The summed E-state index contributed by atoms with van der Waals surface area (Å²) in [6.07, 6.45) is 1.13. The third kappa shape index (κ3) is 3.37. The average Bonchev–Trinajstić information content (AvgIpc) is 3.22. The fourth-order valence-corrected chi connectivity index (χ4v) is 4.26. The second kappa shape index (κ2) is 6.85. The topological polar surface area (TPSA) is 58.1 Å². The molecule has 0 radical (unpaired) electrons. The van der Waals surface area contributed by atoms with E-state index in [0.717, 1.165) is 42.3 Å². The number of thiazole rings is 2. The number of nitrogens with one attached hydrogen (secondary N) is 1. The highest BCUT2D eigenvalue weighted by Gasteiger charge is 2.25. The Morgan fingerprint density at radius 2 is 2.09 bits per heavy atom. The Bertz CT molecular complexity index is 646. The first-order valence-corrected chi connectivity index (χ1v) is 9.20. The van der Waals surface area contributed by atoms with Gasteiger partial charge in [-0.25, -0.2) is 9.97 Å². The maximum Gasteiger partial charge on any atom is 0.266 e. The molecule has 1 fully saturated rings. The van der Waals surface area contributed by atoms with Crippen LogP contribution < -0.4 is 5.32 Å². The second-order valence-corrected chi connectivity index (χ2v) is 7.47. The molecule has 2 aromatic rings. The maximum atomic E-state index is 12.9. The van der Waals surface area contributed by atoms with Gasteiger partial charge in [-0.15, -0.1) is 22.7 Å². The summed E-state index contributed by atoms with van der Waals surface area (Å²) in [6, 6.07) is 0. The van der Waals surface area contributed by atoms with Gasteiger partial charge in [0.1, 0.15) is 4.88 Å². The third-order valence-electron chi connectivity index (χ3n) is 4.05. The molecule has 1 atom stereocenters. The van der Waals surface area contributed by atoms with Crippen LogP contribution in [0.5, 0.6) is 0 Å². The zero-order chi connectivity index (χ0) is 15.5. The molecule has 3 rings (SSSR count). The minimum atomic E-state index is 0.0969. The Kier molecular flexibility index (Phi) is 4.85. The van der Waals surface area contributed by atoms with Gasteiger partial charge in [0.15, 0.2) is 0 Å². The molecular formula is C15H20N4OS2. The Balaban J connectivity index is 1.80. The number of hydrogen-bond acceptors (Lipinski definition) is 6. The minimum Gasteiger partial charge on any atom is -0.332 e. The zero-order valence-electron chi connectivity index (χ0n) is 12.8. The van der Waals surface area contributed by atoms with E-state index in [1.807, 2.05) is 24.3 Å². The van der Waals surface area contributed by atoms with Gasteiger partial charge in [0.05, 0.1) is 29.0 Å². The van der Waals surface area contributed by atoms with Crippen LogP contribution in [0, 0.1) is 19.8 Å². The van der Waals surface area contributed by atoms with E-state index in [4.69, 9.17) is 0 Å². The Morgan fingerprint density at radius 3 is 2.68 bits per heavy atom. The summed E-state index contributed by atoms with van der Waals surface area (Å²) in [5.41, 5.74) is 5.44. The van der Waals surface area contributed by atoms with Crippen LogP contribution in [0.1, 0.15) is 32.4 Å². The molecule has 118 valence electrons. The fourth-order valence-electron chi connectivity index (χ4n) is 2.70. The number of aromatic nitrogens is 2. The van der Waals surface area contributed by atoms with E-state index in [1.54, 1.807) is 16.8 Å². The molecule has 1 saturated heterocycles. The van der Waals surface area contributed by atoms with Crippen molar-refractivity contribution in [1.82, 2.24) is 20.2 Å². The van der Waals surface area contributed by atoms with Crippen molar-refractivity contribution < 1.29 is 4.79 Å². The molecule has 7 heteroatoms. The summed E-state index contributed by atoms with van der Waals surface area (Å²) < 4.78 is 0. The lowest BCUT2D eigenvalue weighted by Crippen LogP contribution is -2.35. The zero-order valence-corrected chi connectivity index (χ0v) is 14.5. The van der Waals surface area contributed by atoms with Gasteiger partial charge < -0.3 is 10.2 Å². The predicted molar refractivity (Wildman–Crippen MR) is 89.4 cm³/mol. The van der Waals surface area contributed by atoms with Crippen molar-refractivity contribution in [2.24, 2.45) is 5.92 Å². The quantitative estimate of drug-likeness (QED) is 0.911. The van der Waals surface area contributed by atoms with Gasteiger partial charge in [0.2, 0.25) is 0 Å². The summed E-state index contributed by atoms with van der Waals surface area (Å²) >= 11 is 3.05. The molecule has 5 nitrogen and oxygen atoms in total. The third-order valence-corrected chi connectivity index (χ3v) is 5.88. The van der Waals surface area contributed by atoms with E-state index in [9.17, 15) is 4.79 Å². The number of hydrogen-bond donors (Lipinski definition) is 1. The smallest absolute Gasteiger partial charge is 0.266 e. The molecule has 0 unspecified atom stereocenters. The van der Waals surface area contributed by atoms with Crippen LogP contribution in [-0.2, 0) is 6.54 Å². The number of rotatable bonds is 5. The summed E-state index contributed by atoms with van der Waals surface area (Å²) in [5.74, 6) is 0.630. The number of nitrogens with zero attached hydrogens (tertiary/aromatic N) is 3. The largest absolute Gasteiger partial charge is 0.332 e. The van der Waals surface area contributed by atoms with E-state index < -0.39 is 0 Å². The first kappa shape index (κ1) is 15.6. The summed E-state index contributed by atoms with van der Waals surface area (Å²) in [7, 11) is 0. The van der Waals surface area contributed by atoms with Crippen molar-refractivity contribution >= 4 is 28.6 Å². The Hall–Kier alpha value is -1.31. The SMILES string of the molecule is Cc1ncsc1CN(C[C@H]1CCNC1)C(=O)c1scnc1C. The van der Waals surface area contributed by atoms with Crippen molar-refractivity contribution in [2.45, 2.75) is 26.8 Å². The summed E-state index contributed by atoms with van der Waals surface area (Å²) in [5, 5.41) is 3.38. The van der Waals surface area contributed by atoms with Crippen LogP contribution in [-0.4, -0.2) is 40.4 Å². The van der Waals surface area contributed by atoms with Crippen LogP contribution in [0.3, 0.4) is 0 Å². The van der Waals surface area contributed by atoms with Crippen molar-refractivity contribution in [2.75, 3.05) is 19.6 Å². The normalized spacial score (nSPS) is 17.8. The van der Waals surface area contributed by atoms with Gasteiger partial charge in [0.25, 0.3) is 5.91 Å². The van der Waals surface area contributed by atoms with Crippen LogP contribution in [0.15, 0.2) is 11.0 Å². The number of carbonyl (C=O) groups is 1. The van der Waals surface area contributed by atoms with Crippen molar-refractivity contribution in [1.29, 1.82) is 0 Å². The van der Waals surface area contributed by atoms with Crippen LogP contribution in [0.4, 0.5) is 0 Å². The van der Waals surface area contributed by atoms with Crippen LogP contribution in [0.25, 0.3) is 0 Å². The Labute approximate surface area is 138 Å². The first-order chi connectivity index (χ1) is 10.6. The molecule has 22 heavy (non-hydrogen) atoms. The maximum absolute atomic E-state index is 12.9. The second-order valence-electron chi connectivity index (χ2n) is 5.67. The van der Waals surface area contributed by atoms with E-state index in [-0.39, 0.29) is 5.91 Å². The van der Waals surface area contributed by atoms with Gasteiger partial charge in [-0.2, -0.15) is 0 Å². The lowest BCUT2D eigenvalue weighted by molar-refractivity contribution is 0.0724. The van der Waals surface area contributed by atoms with E-state index >= 15 is 0 Å². The monoisotopic (exact) mass is 336 g/mol. The lowest BCUT2D eigenvalue weighted by atomic mass is 10.1. The highest BCUT2D eigenvalue weighted by molar-refractivity contribution is 7.12. The molecule has 1 N–H and O–H groups in total. The average molecular weight is 336 g/mol. The summed E-state index contributed by atoms with van der Waals surface area (Å²) in [4.78, 5) is 25.3. The van der Waals surface area contributed by atoms with E-state index in [1.165, 1.54) is 16.2 Å². The van der Waals surface area contributed by atoms with Gasteiger partial charge in [0, 0.05) is 11.4 Å². The standard InChI is InChI=1S/C15H20N4OS2/c1-10-13(21-8-17-10)7-19(6-12-3-4-16-5-12)15(20)14-11(2)18-9-22-14/h8-9,12,16H,3-7H2,1-2H3/t12-/m0/s1. The molecule has 0 saturated carbocycles. The minimum absolute atomic E-state index is 0.0969. The lowest BCUT2D eigenvalue weighted by Gasteiger charge is -2.25. The van der Waals surface area contributed by atoms with E-state index in [0.29, 0.717) is 12.5 Å². The van der Waals surface area contributed by atoms with Crippen molar-refractivity contribution in [3.05, 3.63) is 32.2 Å². The van der Waals surface area contributed by atoms with Crippen LogP contribution >= 0.6 is 22.7 Å². The Morgan fingerprint density at radius 1 is 1.32 bits per heavy atom. The van der Waals surface area contributed by atoms with E-state index in [2.05, 4.69) is 15.3 Å². The molecule has 1 aliphatic heterocycles. The molecule has 0 aromatic carbocycles. The molecule has 0 bridgehead atoms. The van der Waals surface area contributed by atoms with Gasteiger partial charge >= 0.3 is 0 Å². The van der Waals surface area contributed by atoms with Crippen molar-refractivity contribution in [3.8, 4) is 0 Å². The molecule has 2 aromatic heterocycles.